The monoisotopic (exact) mass is 219 g/mol. The lowest BCUT2D eigenvalue weighted by Crippen LogP contribution is -1.93. The molecule has 1 aromatic heterocycles. The van der Waals surface area contributed by atoms with Crippen molar-refractivity contribution < 1.29 is 5.11 Å². The first-order valence-electron chi connectivity index (χ1n) is 4.94. The van der Waals surface area contributed by atoms with Crippen LogP contribution >= 0.6 is 11.3 Å². The highest BCUT2D eigenvalue weighted by atomic mass is 32.1. The van der Waals surface area contributed by atoms with Crippen LogP contribution in [0.15, 0.2) is 30.3 Å². The Labute approximate surface area is 93.2 Å². The molecular formula is C12H13NOS. The van der Waals surface area contributed by atoms with Gasteiger partial charge >= 0.3 is 0 Å². The van der Waals surface area contributed by atoms with Gasteiger partial charge in [-0.05, 0) is 12.5 Å². The van der Waals surface area contributed by atoms with E-state index in [1.807, 2.05) is 25.1 Å². The summed E-state index contributed by atoms with van der Waals surface area (Å²) in [6.45, 7) is 2.15. The quantitative estimate of drug-likeness (QED) is 0.861. The maximum Gasteiger partial charge on any atom is 0.0903 e. The Morgan fingerprint density at radius 1 is 1.27 bits per heavy atom. The predicted molar refractivity (Wildman–Crippen MR) is 63.1 cm³/mol. The highest BCUT2D eigenvalue weighted by molar-refractivity contribution is 7.15. The fourth-order valence-electron chi connectivity index (χ4n) is 1.56. The van der Waals surface area contributed by atoms with Gasteiger partial charge in [0.15, 0.2) is 0 Å². The first kappa shape index (κ1) is 10.3. The van der Waals surface area contributed by atoms with E-state index >= 15 is 0 Å². The molecule has 3 heteroatoms. The van der Waals surface area contributed by atoms with E-state index in [2.05, 4.69) is 17.1 Å². The number of aliphatic hydroxyl groups is 1. The maximum atomic E-state index is 8.96. The molecular weight excluding hydrogens is 206 g/mol. The van der Waals surface area contributed by atoms with Crippen molar-refractivity contribution in [3.05, 3.63) is 41.0 Å². The molecule has 2 aromatic rings. The van der Waals surface area contributed by atoms with E-state index in [0.29, 0.717) is 6.42 Å². The summed E-state index contributed by atoms with van der Waals surface area (Å²) >= 11 is 1.69. The van der Waals surface area contributed by atoms with Gasteiger partial charge < -0.3 is 5.11 Å². The van der Waals surface area contributed by atoms with Gasteiger partial charge in [-0.1, -0.05) is 30.3 Å². The number of hydrogen-bond acceptors (Lipinski definition) is 3. The van der Waals surface area contributed by atoms with E-state index < -0.39 is 0 Å². The van der Waals surface area contributed by atoms with Crippen LogP contribution in [0.1, 0.15) is 10.7 Å². The standard InChI is InChI=1S/C12H13NOS/c1-9-13-11(7-8-14)12(15-9)10-5-3-2-4-6-10/h2-6,14H,7-8H2,1H3. The van der Waals surface area contributed by atoms with Crippen molar-refractivity contribution >= 4 is 11.3 Å². The number of hydrogen-bond donors (Lipinski definition) is 1. The fraction of sp³-hybridized carbons (Fsp3) is 0.250. The average molecular weight is 219 g/mol. The molecule has 0 aliphatic heterocycles. The molecule has 2 rings (SSSR count). The molecule has 0 amide bonds. The van der Waals surface area contributed by atoms with Gasteiger partial charge in [0.25, 0.3) is 0 Å². The summed E-state index contributed by atoms with van der Waals surface area (Å²) in [5, 5.41) is 10.0. The second kappa shape index (κ2) is 4.55. The number of thiazole rings is 1. The minimum absolute atomic E-state index is 0.156. The van der Waals surface area contributed by atoms with Crippen molar-refractivity contribution in [2.45, 2.75) is 13.3 Å². The van der Waals surface area contributed by atoms with Crippen molar-refractivity contribution in [1.29, 1.82) is 0 Å². The van der Waals surface area contributed by atoms with E-state index in [9.17, 15) is 0 Å². The molecule has 0 bridgehead atoms. The Kier molecular flexibility index (Phi) is 3.14. The first-order valence-corrected chi connectivity index (χ1v) is 5.75. The van der Waals surface area contributed by atoms with Crippen LogP contribution in [0.3, 0.4) is 0 Å². The van der Waals surface area contributed by atoms with Gasteiger partial charge in [0.05, 0.1) is 15.6 Å². The number of nitrogens with zero attached hydrogens (tertiary/aromatic N) is 1. The number of aromatic nitrogens is 1. The molecule has 1 aromatic carbocycles. The Morgan fingerprint density at radius 3 is 2.67 bits per heavy atom. The zero-order chi connectivity index (χ0) is 10.7. The third-order valence-electron chi connectivity index (χ3n) is 2.19. The van der Waals surface area contributed by atoms with E-state index in [1.165, 1.54) is 10.4 Å². The Morgan fingerprint density at radius 2 is 2.00 bits per heavy atom. The van der Waals surface area contributed by atoms with Crippen LogP contribution in [-0.2, 0) is 6.42 Å². The Hall–Kier alpha value is -1.19. The van der Waals surface area contributed by atoms with Gasteiger partial charge in [0.2, 0.25) is 0 Å². The second-order valence-corrected chi connectivity index (χ2v) is 4.55. The lowest BCUT2D eigenvalue weighted by molar-refractivity contribution is 0.298. The summed E-state index contributed by atoms with van der Waals surface area (Å²) in [4.78, 5) is 5.62. The van der Waals surface area contributed by atoms with Gasteiger partial charge in [-0.2, -0.15) is 0 Å². The van der Waals surface area contributed by atoms with Crippen LogP contribution < -0.4 is 0 Å². The van der Waals surface area contributed by atoms with Gasteiger partial charge in [-0.3, -0.25) is 0 Å². The maximum absolute atomic E-state index is 8.96. The Bertz CT molecular complexity index is 436. The first-order chi connectivity index (χ1) is 7.31. The topological polar surface area (TPSA) is 33.1 Å². The van der Waals surface area contributed by atoms with E-state index in [4.69, 9.17) is 5.11 Å². The van der Waals surface area contributed by atoms with E-state index in [0.717, 1.165) is 10.7 Å². The van der Waals surface area contributed by atoms with E-state index in [1.54, 1.807) is 11.3 Å². The summed E-state index contributed by atoms with van der Waals surface area (Å²) in [6, 6.07) is 10.2. The third kappa shape index (κ3) is 2.25. The molecule has 78 valence electrons. The van der Waals surface area contributed by atoms with Crippen LogP contribution in [-0.4, -0.2) is 16.7 Å². The summed E-state index contributed by atoms with van der Waals surface area (Å²) < 4.78 is 0. The van der Waals surface area contributed by atoms with Crippen molar-refractivity contribution in [1.82, 2.24) is 4.98 Å². The smallest absolute Gasteiger partial charge is 0.0903 e. The van der Waals surface area contributed by atoms with E-state index in [-0.39, 0.29) is 6.61 Å². The zero-order valence-corrected chi connectivity index (χ0v) is 9.42. The fourth-order valence-corrected chi connectivity index (χ4v) is 2.53. The number of aliphatic hydroxyl groups excluding tert-OH is 1. The van der Waals surface area contributed by atoms with Crippen molar-refractivity contribution in [2.24, 2.45) is 0 Å². The van der Waals surface area contributed by atoms with Crippen LogP contribution in [0.5, 0.6) is 0 Å². The summed E-state index contributed by atoms with van der Waals surface area (Å²) in [6.07, 6.45) is 0.633. The van der Waals surface area contributed by atoms with Crippen LogP contribution in [0.25, 0.3) is 10.4 Å². The highest BCUT2D eigenvalue weighted by Crippen LogP contribution is 2.30. The van der Waals surface area contributed by atoms with Crippen LogP contribution in [0.4, 0.5) is 0 Å². The molecule has 0 saturated carbocycles. The van der Waals surface area contributed by atoms with Gasteiger partial charge in [0.1, 0.15) is 0 Å². The highest BCUT2D eigenvalue weighted by Gasteiger charge is 2.09. The van der Waals surface area contributed by atoms with Gasteiger partial charge in [-0.15, -0.1) is 11.3 Å². The van der Waals surface area contributed by atoms with Gasteiger partial charge in [0, 0.05) is 13.0 Å². The average Bonchev–Trinajstić information content (AvgIpc) is 2.62. The minimum atomic E-state index is 0.156. The third-order valence-corrected chi connectivity index (χ3v) is 3.25. The Balaban J connectivity index is 2.43. The second-order valence-electron chi connectivity index (χ2n) is 3.35. The largest absolute Gasteiger partial charge is 0.396 e. The predicted octanol–water partition coefficient (Wildman–Crippen LogP) is 2.65. The SMILES string of the molecule is Cc1nc(CCO)c(-c2ccccc2)s1. The summed E-state index contributed by atoms with van der Waals surface area (Å²) in [5.74, 6) is 0. The molecule has 0 spiro atoms. The lowest BCUT2D eigenvalue weighted by atomic mass is 10.1. The minimum Gasteiger partial charge on any atom is -0.396 e. The van der Waals surface area contributed by atoms with Crippen molar-refractivity contribution in [3.8, 4) is 10.4 Å². The molecule has 0 aliphatic carbocycles. The molecule has 0 fully saturated rings. The summed E-state index contributed by atoms with van der Waals surface area (Å²) in [5.41, 5.74) is 2.19. The lowest BCUT2D eigenvalue weighted by Gasteiger charge is -1.99. The number of benzene rings is 1. The van der Waals surface area contributed by atoms with Gasteiger partial charge in [-0.25, -0.2) is 4.98 Å². The zero-order valence-electron chi connectivity index (χ0n) is 8.60. The summed E-state index contributed by atoms with van der Waals surface area (Å²) in [7, 11) is 0. The molecule has 0 saturated heterocycles. The van der Waals surface area contributed by atoms with Crippen molar-refractivity contribution in [3.63, 3.8) is 0 Å². The molecule has 0 radical (unpaired) electrons. The molecule has 0 atom stereocenters. The molecule has 1 N–H and O–H groups in total. The van der Waals surface area contributed by atoms with Crippen LogP contribution in [0.2, 0.25) is 0 Å². The molecule has 0 aliphatic rings. The number of aryl methyl sites for hydroxylation is 1. The molecule has 1 heterocycles. The van der Waals surface area contributed by atoms with Crippen molar-refractivity contribution in [2.75, 3.05) is 6.61 Å². The number of rotatable bonds is 3. The normalized spacial score (nSPS) is 10.5. The molecule has 0 unspecified atom stereocenters. The van der Waals surface area contributed by atoms with Crippen LogP contribution in [0, 0.1) is 6.92 Å². The molecule has 15 heavy (non-hydrogen) atoms. The molecule has 2 nitrogen and oxygen atoms in total.